The zero-order valence-corrected chi connectivity index (χ0v) is 17.6. The lowest BCUT2D eigenvalue weighted by atomic mass is 9.73. The van der Waals surface area contributed by atoms with Gasteiger partial charge in [0.2, 0.25) is 0 Å². The molecule has 176 valence electrons. The van der Waals surface area contributed by atoms with Crippen LogP contribution in [0.25, 0.3) is 0 Å². The van der Waals surface area contributed by atoms with Crippen LogP contribution >= 0.6 is 0 Å². The van der Waals surface area contributed by atoms with Gasteiger partial charge in [-0.3, -0.25) is 4.90 Å². The van der Waals surface area contributed by atoms with Crippen molar-refractivity contribution in [2.45, 2.75) is 67.8 Å². The van der Waals surface area contributed by atoms with Crippen molar-refractivity contribution in [1.82, 2.24) is 4.90 Å². The van der Waals surface area contributed by atoms with E-state index in [-0.39, 0.29) is 17.7 Å². The number of hydrogen-bond acceptors (Lipinski definition) is 10. The monoisotopic (exact) mass is 451 g/mol. The number of phenols is 1. The van der Waals surface area contributed by atoms with E-state index in [1.54, 1.807) is 18.2 Å². The van der Waals surface area contributed by atoms with Crippen molar-refractivity contribution in [1.29, 1.82) is 0 Å². The molecule has 0 aromatic heterocycles. The summed E-state index contributed by atoms with van der Waals surface area (Å²) >= 11 is 0. The summed E-state index contributed by atoms with van der Waals surface area (Å²) in [6.45, 7) is 0.904. The van der Waals surface area contributed by atoms with Gasteiger partial charge in [0.1, 0.15) is 24.4 Å². The molecule has 32 heavy (non-hydrogen) atoms. The van der Waals surface area contributed by atoms with E-state index in [2.05, 4.69) is 4.90 Å². The third kappa shape index (κ3) is 3.34. The standard InChI is InChI=1S/C22H29NO9/c1-30-14-5-10-7-23-3-2-9-4-13(26)21(16(17(9)23)11(10)6-12(14)25)32-22-20(29)19(28)18(27)15(8-24)31-22/h4-6,13,15-22,24-29H,2-3,7-8H2,1H3. The highest BCUT2D eigenvalue weighted by Gasteiger charge is 2.52. The molecule has 0 bridgehead atoms. The molecule has 2 saturated heterocycles. The molecule has 3 aliphatic heterocycles. The van der Waals surface area contributed by atoms with E-state index >= 15 is 0 Å². The largest absolute Gasteiger partial charge is 0.504 e. The van der Waals surface area contributed by atoms with Crippen LogP contribution in [0.3, 0.4) is 0 Å². The summed E-state index contributed by atoms with van der Waals surface area (Å²) < 4.78 is 16.9. The third-order valence-electron chi connectivity index (χ3n) is 7.19. The van der Waals surface area contributed by atoms with Gasteiger partial charge >= 0.3 is 0 Å². The Morgan fingerprint density at radius 3 is 2.62 bits per heavy atom. The van der Waals surface area contributed by atoms with Crippen LogP contribution in [-0.4, -0.2) is 105 Å². The van der Waals surface area contributed by atoms with Crippen molar-refractivity contribution < 1.29 is 44.8 Å². The van der Waals surface area contributed by atoms with E-state index in [0.29, 0.717) is 12.3 Å². The Kier molecular flexibility index (Phi) is 5.67. The Balaban J connectivity index is 1.52. The first-order chi connectivity index (χ1) is 15.3. The fourth-order valence-electron chi connectivity index (χ4n) is 5.62. The number of phenolic OH excluding ortho intramolecular Hbond substituents is 1. The summed E-state index contributed by atoms with van der Waals surface area (Å²) in [5.41, 5.74) is 2.85. The summed E-state index contributed by atoms with van der Waals surface area (Å²) in [6, 6.07) is 3.37. The molecule has 0 amide bonds. The van der Waals surface area contributed by atoms with Gasteiger partial charge in [-0.1, -0.05) is 11.6 Å². The minimum Gasteiger partial charge on any atom is -0.504 e. The maximum Gasteiger partial charge on any atom is 0.187 e. The van der Waals surface area contributed by atoms with E-state index in [9.17, 15) is 30.6 Å². The number of rotatable bonds is 4. The number of nitrogens with zero attached hydrogens (tertiary/aromatic N) is 1. The highest BCUT2D eigenvalue weighted by Crippen LogP contribution is 2.50. The molecule has 1 aliphatic carbocycles. The van der Waals surface area contributed by atoms with Crippen LogP contribution in [0.1, 0.15) is 23.5 Å². The number of aliphatic hydroxyl groups is 5. The second kappa shape index (κ2) is 8.23. The van der Waals surface area contributed by atoms with E-state index < -0.39 is 49.5 Å². The first kappa shape index (κ1) is 22.1. The molecule has 3 heterocycles. The molecule has 6 N–H and O–H groups in total. The number of aromatic hydroxyl groups is 1. The van der Waals surface area contributed by atoms with Gasteiger partial charge < -0.3 is 44.8 Å². The van der Waals surface area contributed by atoms with E-state index in [4.69, 9.17) is 14.2 Å². The van der Waals surface area contributed by atoms with Crippen molar-refractivity contribution in [3.63, 3.8) is 0 Å². The smallest absolute Gasteiger partial charge is 0.187 e. The fraction of sp³-hybridized carbons (Fsp3) is 0.636. The molecular formula is C22H29NO9. The van der Waals surface area contributed by atoms with Gasteiger partial charge in [-0.15, -0.1) is 0 Å². The van der Waals surface area contributed by atoms with Crippen LogP contribution in [0.4, 0.5) is 0 Å². The molecule has 9 unspecified atom stereocenters. The lowest BCUT2D eigenvalue weighted by Gasteiger charge is -2.48. The summed E-state index contributed by atoms with van der Waals surface area (Å²) in [5, 5.41) is 61.5. The Hall–Kier alpha value is -1.76. The molecule has 1 aromatic rings. The van der Waals surface area contributed by atoms with Crippen LogP contribution < -0.4 is 4.74 Å². The topological polar surface area (TPSA) is 152 Å². The average molecular weight is 451 g/mol. The van der Waals surface area contributed by atoms with Crippen molar-refractivity contribution in [3.05, 3.63) is 34.9 Å². The number of fused-ring (bicyclic) bond motifs is 2. The van der Waals surface area contributed by atoms with Gasteiger partial charge in [-0.25, -0.2) is 0 Å². The minimum atomic E-state index is -1.58. The van der Waals surface area contributed by atoms with E-state index in [0.717, 1.165) is 29.7 Å². The van der Waals surface area contributed by atoms with Gasteiger partial charge in [0.15, 0.2) is 17.8 Å². The average Bonchev–Trinajstić information content (AvgIpc) is 3.18. The van der Waals surface area contributed by atoms with Gasteiger partial charge in [0.05, 0.1) is 25.9 Å². The molecule has 5 rings (SSSR count). The van der Waals surface area contributed by atoms with Gasteiger partial charge in [0.25, 0.3) is 0 Å². The predicted molar refractivity (Wildman–Crippen MR) is 109 cm³/mol. The van der Waals surface area contributed by atoms with Crippen LogP contribution in [-0.2, 0) is 16.0 Å². The van der Waals surface area contributed by atoms with Crippen molar-refractivity contribution >= 4 is 0 Å². The van der Waals surface area contributed by atoms with Crippen molar-refractivity contribution in [2.75, 3.05) is 20.3 Å². The van der Waals surface area contributed by atoms with Gasteiger partial charge in [0, 0.05) is 25.0 Å². The highest BCUT2D eigenvalue weighted by atomic mass is 16.7. The maximum atomic E-state index is 11.0. The SMILES string of the molecule is COc1cc2c(cc1O)C1C(OC3OC(CO)C(O)C(O)C3O)C(O)C=C3CCN(C2)C31. The Labute approximate surface area is 184 Å². The zero-order valence-electron chi connectivity index (χ0n) is 17.6. The Morgan fingerprint density at radius 1 is 1.12 bits per heavy atom. The second-order valence-corrected chi connectivity index (χ2v) is 8.94. The van der Waals surface area contributed by atoms with Crippen molar-refractivity contribution in [2.24, 2.45) is 0 Å². The highest BCUT2D eigenvalue weighted by molar-refractivity contribution is 5.52. The summed E-state index contributed by atoms with van der Waals surface area (Å²) in [4.78, 5) is 2.28. The number of benzene rings is 1. The number of hydrogen-bond donors (Lipinski definition) is 6. The quantitative estimate of drug-likeness (QED) is 0.300. The molecule has 10 nitrogen and oxygen atoms in total. The molecule has 4 aliphatic rings. The van der Waals surface area contributed by atoms with E-state index in [1.165, 1.54) is 7.11 Å². The fourth-order valence-corrected chi connectivity index (χ4v) is 5.62. The lowest BCUT2D eigenvalue weighted by molar-refractivity contribution is -0.318. The molecule has 1 aromatic carbocycles. The molecule has 9 atom stereocenters. The third-order valence-corrected chi connectivity index (χ3v) is 7.19. The van der Waals surface area contributed by atoms with Crippen molar-refractivity contribution in [3.8, 4) is 11.5 Å². The van der Waals surface area contributed by atoms with Crippen LogP contribution in [0.5, 0.6) is 11.5 Å². The first-order valence-corrected chi connectivity index (χ1v) is 10.8. The second-order valence-electron chi connectivity index (χ2n) is 8.94. The molecular weight excluding hydrogens is 422 g/mol. The van der Waals surface area contributed by atoms with E-state index in [1.807, 2.05) is 0 Å². The maximum absolute atomic E-state index is 11.0. The number of methoxy groups -OCH3 is 1. The summed E-state index contributed by atoms with van der Waals surface area (Å²) in [5.74, 6) is -0.0322. The van der Waals surface area contributed by atoms with Crippen LogP contribution in [0.2, 0.25) is 0 Å². The Bertz CT molecular complexity index is 906. The molecule has 0 saturated carbocycles. The predicted octanol–water partition coefficient (Wildman–Crippen LogP) is -1.44. The summed E-state index contributed by atoms with van der Waals surface area (Å²) in [6.07, 6.45) is -6.43. The number of ether oxygens (including phenoxy) is 3. The van der Waals surface area contributed by atoms with Crippen LogP contribution in [0.15, 0.2) is 23.8 Å². The molecule has 10 heteroatoms. The number of aliphatic hydroxyl groups excluding tert-OH is 5. The first-order valence-electron chi connectivity index (χ1n) is 10.8. The normalized spacial score (nSPS) is 41.1. The lowest BCUT2D eigenvalue weighted by Crippen LogP contribution is -2.61. The molecule has 2 fully saturated rings. The van der Waals surface area contributed by atoms with Crippen LogP contribution in [0, 0.1) is 0 Å². The molecule has 0 spiro atoms. The minimum absolute atomic E-state index is 0.0186. The van der Waals surface area contributed by atoms with Gasteiger partial charge in [-0.05, 0) is 29.7 Å². The summed E-state index contributed by atoms with van der Waals surface area (Å²) in [7, 11) is 1.49. The Morgan fingerprint density at radius 2 is 1.91 bits per heavy atom. The zero-order chi connectivity index (χ0) is 22.7. The van der Waals surface area contributed by atoms with Gasteiger partial charge in [-0.2, -0.15) is 0 Å². The molecule has 0 radical (unpaired) electrons.